The lowest BCUT2D eigenvalue weighted by Crippen LogP contribution is -2.13. The molecule has 0 N–H and O–H groups in total. The van der Waals surface area contributed by atoms with Gasteiger partial charge in [-0.3, -0.25) is 0 Å². The fraction of sp³-hybridized carbons (Fsp3) is 0.700. The van der Waals surface area contributed by atoms with Crippen molar-refractivity contribution in [3.63, 3.8) is 0 Å². The maximum Gasteiger partial charge on any atom is 0.305 e. The molecule has 0 aliphatic heterocycles. The summed E-state index contributed by atoms with van der Waals surface area (Å²) in [7, 11) is -5.74. The van der Waals surface area contributed by atoms with Crippen molar-refractivity contribution < 1.29 is 34.3 Å². The molecule has 0 fully saturated rings. The minimum absolute atomic E-state index is 0.325. The summed E-state index contributed by atoms with van der Waals surface area (Å²) in [5.41, 5.74) is 0. The molecule has 0 aliphatic carbocycles. The molecule has 0 aliphatic rings. The largest absolute Gasteiger partial charge is 0.305 e. The van der Waals surface area contributed by atoms with Gasteiger partial charge in [-0.25, -0.2) is 25.9 Å². The van der Waals surface area contributed by atoms with Gasteiger partial charge < -0.3 is 0 Å². The first-order chi connectivity index (χ1) is 14.2. The predicted molar refractivity (Wildman–Crippen MR) is 109 cm³/mol. The van der Waals surface area contributed by atoms with Gasteiger partial charge in [0, 0.05) is 8.81 Å². The topological polar surface area (TPSA) is 43.4 Å². The fourth-order valence-corrected chi connectivity index (χ4v) is 5.30. The second-order valence-corrected chi connectivity index (χ2v) is 9.99. The zero-order chi connectivity index (χ0) is 22.6. The monoisotopic (exact) mass is 476 g/mol. The third kappa shape index (κ3) is 8.75. The highest BCUT2D eigenvalue weighted by Crippen LogP contribution is 2.31. The highest BCUT2D eigenvalue weighted by molar-refractivity contribution is 7.89. The number of rotatable bonds is 16. The van der Waals surface area contributed by atoms with E-state index in [4.69, 9.17) is 0 Å². The molecule has 1 rings (SSSR count). The molecular weight excluding hydrogens is 446 g/mol. The Kier molecular flexibility index (Phi) is 13.0. The number of hydrogen-bond donors (Lipinski definition) is 0. The second-order valence-electron chi connectivity index (χ2n) is 7.22. The summed E-state index contributed by atoms with van der Waals surface area (Å²) in [6.07, 6.45) is 13.9. The number of unbranched alkanes of at least 4 members (excludes halogenated alkanes) is 11. The Bertz CT molecular complexity index is 730. The Hall–Kier alpha value is -0.790. The van der Waals surface area contributed by atoms with Crippen LogP contribution in [0.3, 0.4) is 0 Å². The van der Waals surface area contributed by atoms with Gasteiger partial charge in [0.25, 0.3) is 0 Å². The van der Waals surface area contributed by atoms with Gasteiger partial charge in [0.05, 0.1) is 0 Å². The molecule has 1 unspecified atom stereocenters. The van der Waals surface area contributed by atoms with Crippen molar-refractivity contribution in [3.8, 4) is 0 Å². The Balaban J connectivity index is 2.23. The minimum Gasteiger partial charge on any atom is -0.247 e. The first-order valence-corrected chi connectivity index (χ1v) is 12.9. The highest BCUT2D eigenvalue weighted by Gasteiger charge is 2.34. The molecule has 0 bridgehead atoms. The van der Waals surface area contributed by atoms with Gasteiger partial charge in [-0.05, 0) is 12.6 Å². The average molecular weight is 476 g/mol. The average Bonchev–Trinajstić information content (AvgIpc) is 2.71. The molecule has 174 valence electrons. The molecular formula is C20H30F5O3PS. The fourth-order valence-electron chi connectivity index (χ4n) is 3.00. The van der Waals surface area contributed by atoms with Crippen molar-refractivity contribution in [1.82, 2.24) is 0 Å². The van der Waals surface area contributed by atoms with E-state index >= 15 is 0 Å². The van der Waals surface area contributed by atoms with Crippen LogP contribution in [0.4, 0.5) is 22.0 Å². The first-order valence-electron chi connectivity index (χ1n) is 10.4. The number of benzene rings is 1. The van der Waals surface area contributed by atoms with Gasteiger partial charge in [0.2, 0.25) is 5.82 Å². The van der Waals surface area contributed by atoms with E-state index in [1.54, 1.807) is 0 Å². The molecule has 1 aromatic carbocycles. The van der Waals surface area contributed by atoms with Crippen molar-refractivity contribution in [3.05, 3.63) is 29.1 Å². The van der Waals surface area contributed by atoms with E-state index in [0.717, 1.165) is 25.7 Å². The van der Waals surface area contributed by atoms with E-state index in [1.165, 1.54) is 44.9 Å². The van der Waals surface area contributed by atoms with Crippen LogP contribution in [-0.2, 0) is 14.1 Å². The Labute approximate surface area is 177 Å². The van der Waals surface area contributed by atoms with Gasteiger partial charge >= 0.3 is 10.1 Å². The van der Waals surface area contributed by atoms with Crippen LogP contribution in [0.5, 0.6) is 0 Å². The van der Waals surface area contributed by atoms with Crippen molar-refractivity contribution in [2.24, 2.45) is 0 Å². The third-order valence-electron chi connectivity index (χ3n) is 4.72. The smallest absolute Gasteiger partial charge is 0.247 e. The lowest BCUT2D eigenvalue weighted by atomic mass is 10.1. The van der Waals surface area contributed by atoms with Crippen LogP contribution in [0.15, 0.2) is 4.90 Å². The molecule has 30 heavy (non-hydrogen) atoms. The lowest BCUT2D eigenvalue weighted by molar-refractivity contribution is 0.354. The van der Waals surface area contributed by atoms with E-state index in [-0.39, 0.29) is 0 Å². The molecule has 0 amide bonds. The maximum absolute atomic E-state index is 13.6. The van der Waals surface area contributed by atoms with Crippen LogP contribution < -0.4 is 0 Å². The second kappa shape index (κ2) is 14.3. The minimum atomic E-state index is -5.08. The van der Waals surface area contributed by atoms with Crippen LogP contribution in [0.1, 0.15) is 84.0 Å². The summed E-state index contributed by atoms with van der Waals surface area (Å²) in [4.78, 5) is -1.94. The van der Waals surface area contributed by atoms with Gasteiger partial charge in [-0.1, -0.05) is 77.6 Å². The molecule has 0 heterocycles. The van der Waals surface area contributed by atoms with E-state index in [0.29, 0.717) is 12.6 Å². The van der Waals surface area contributed by atoms with Crippen molar-refractivity contribution in [2.45, 2.75) is 88.9 Å². The number of hydrogen-bond acceptors (Lipinski definition) is 3. The van der Waals surface area contributed by atoms with E-state index < -0.39 is 52.9 Å². The highest BCUT2D eigenvalue weighted by atomic mass is 32.2. The standard InChI is InChI=1S/C20H30F5O3PS/c1-2-3-4-5-6-7-8-9-10-11-12-13-14-29-28-30(26,27)20-18(24)16(22)15(21)17(23)19(20)25/h29H,2-14H2,1H3. The Morgan fingerprint density at radius 2 is 1.00 bits per heavy atom. The van der Waals surface area contributed by atoms with Gasteiger partial charge in [0.15, 0.2) is 28.2 Å². The van der Waals surface area contributed by atoms with Crippen LogP contribution in [-0.4, -0.2) is 14.6 Å². The van der Waals surface area contributed by atoms with Crippen LogP contribution >= 0.6 is 8.81 Å². The Morgan fingerprint density at radius 3 is 1.43 bits per heavy atom. The quantitative estimate of drug-likeness (QED) is 0.0822. The van der Waals surface area contributed by atoms with Gasteiger partial charge in [-0.2, -0.15) is 8.42 Å². The molecule has 0 saturated carbocycles. The summed E-state index contributed by atoms with van der Waals surface area (Å²) in [5.74, 6) is -11.9. The molecule has 0 spiro atoms. The molecule has 1 aromatic rings. The zero-order valence-electron chi connectivity index (χ0n) is 17.2. The molecule has 10 heteroatoms. The SMILES string of the molecule is CCCCCCCCCCCCCCPOS(=O)(=O)c1c(F)c(F)c(F)c(F)c1F. The van der Waals surface area contributed by atoms with Crippen LogP contribution in [0, 0.1) is 29.1 Å². The summed E-state index contributed by atoms with van der Waals surface area (Å²) in [5, 5.41) is 0. The summed E-state index contributed by atoms with van der Waals surface area (Å²) in [6.45, 7) is 2.19. The molecule has 3 nitrogen and oxygen atoms in total. The summed E-state index contributed by atoms with van der Waals surface area (Å²) >= 11 is 0. The lowest BCUT2D eigenvalue weighted by Gasteiger charge is -2.09. The van der Waals surface area contributed by atoms with Crippen LogP contribution in [0.2, 0.25) is 0 Å². The normalized spacial score (nSPS) is 12.3. The molecule has 1 atom stereocenters. The van der Waals surface area contributed by atoms with Crippen molar-refractivity contribution in [1.29, 1.82) is 0 Å². The maximum atomic E-state index is 13.6. The first kappa shape index (κ1) is 27.2. The van der Waals surface area contributed by atoms with E-state index in [2.05, 4.69) is 10.9 Å². The summed E-state index contributed by atoms with van der Waals surface area (Å²) < 4.78 is 94.7. The van der Waals surface area contributed by atoms with Gasteiger partial charge in [-0.15, -0.1) is 0 Å². The predicted octanol–water partition coefficient (Wildman–Crippen LogP) is 7.38. The zero-order valence-corrected chi connectivity index (χ0v) is 19.0. The van der Waals surface area contributed by atoms with E-state index in [1.807, 2.05) is 0 Å². The van der Waals surface area contributed by atoms with E-state index in [9.17, 15) is 30.4 Å². The molecule has 0 radical (unpaired) electrons. The summed E-state index contributed by atoms with van der Waals surface area (Å²) in [6, 6.07) is 0. The van der Waals surface area contributed by atoms with Crippen molar-refractivity contribution >= 4 is 18.9 Å². The third-order valence-corrected chi connectivity index (χ3v) is 7.49. The Morgan fingerprint density at radius 1 is 0.633 bits per heavy atom. The molecule has 0 saturated heterocycles. The number of halogens is 5. The van der Waals surface area contributed by atoms with Crippen molar-refractivity contribution in [2.75, 3.05) is 6.16 Å². The molecule has 0 aromatic heterocycles. The van der Waals surface area contributed by atoms with Crippen LogP contribution in [0.25, 0.3) is 0 Å². The van der Waals surface area contributed by atoms with Gasteiger partial charge in [0.1, 0.15) is 0 Å².